The van der Waals surface area contributed by atoms with Gasteiger partial charge < -0.3 is 10.3 Å². The lowest BCUT2D eigenvalue weighted by Gasteiger charge is -2.10. The van der Waals surface area contributed by atoms with Crippen LogP contribution in [0.15, 0.2) is 42.7 Å². The molecule has 0 fully saturated rings. The molecule has 2 aromatic rings. The summed E-state index contributed by atoms with van der Waals surface area (Å²) in [5, 5.41) is 11.6. The molecule has 0 unspecified atom stereocenters. The number of H-pyrrole nitrogens is 1. The maximum absolute atomic E-state index is 12.1. The van der Waals surface area contributed by atoms with Crippen LogP contribution in [-0.4, -0.2) is 22.7 Å². The van der Waals surface area contributed by atoms with Crippen LogP contribution in [0.4, 0.5) is 0 Å². The fourth-order valence-corrected chi connectivity index (χ4v) is 2.10. The number of carbonyl (C=O) groups excluding carboxylic acids is 2. The van der Waals surface area contributed by atoms with Crippen LogP contribution < -0.4 is 5.32 Å². The van der Waals surface area contributed by atoms with Gasteiger partial charge in [-0.15, -0.1) is 0 Å². The predicted octanol–water partition coefficient (Wildman–Crippen LogP) is 2.67. The number of rotatable bonds is 6. The molecule has 0 bridgehead atoms. The topological polar surface area (TPSA) is 85.8 Å². The van der Waals surface area contributed by atoms with Crippen LogP contribution in [0.2, 0.25) is 0 Å². The second kappa shape index (κ2) is 7.23. The minimum absolute atomic E-state index is 0.103. The number of ketones is 1. The van der Waals surface area contributed by atoms with Gasteiger partial charge in [-0.2, -0.15) is 5.26 Å². The van der Waals surface area contributed by atoms with Crippen LogP contribution in [0.25, 0.3) is 0 Å². The zero-order valence-electron chi connectivity index (χ0n) is 12.3. The van der Waals surface area contributed by atoms with Gasteiger partial charge in [0.25, 0.3) is 5.91 Å². The molecule has 112 valence electrons. The van der Waals surface area contributed by atoms with Crippen molar-refractivity contribution in [3.63, 3.8) is 0 Å². The largest absolute Gasteiger partial charge is 0.367 e. The fourth-order valence-electron chi connectivity index (χ4n) is 2.10. The van der Waals surface area contributed by atoms with Crippen LogP contribution in [0.5, 0.6) is 0 Å². The maximum atomic E-state index is 12.1. The first-order valence-electron chi connectivity index (χ1n) is 7.13. The minimum Gasteiger partial charge on any atom is -0.367 e. The summed E-state index contributed by atoms with van der Waals surface area (Å²) in [6, 6.07) is 9.69. The molecule has 5 nitrogen and oxygen atoms in total. The molecular formula is C17H17N3O2. The van der Waals surface area contributed by atoms with Gasteiger partial charge in [0, 0.05) is 29.1 Å². The Kier molecular flexibility index (Phi) is 5.10. The zero-order valence-corrected chi connectivity index (χ0v) is 12.3. The Labute approximate surface area is 129 Å². The molecule has 0 aliphatic heterocycles. The van der Waals surface area contributed by atoms with E-state index in [1.807, 2.05) is 6.92 Å². The maximum Gasteiger partial charge on any atom is 0.252 e. The average molecular weight is 295 g/mol. The Bertz CT molecular complexity index is 682. The number of aromatic amines is 1. The van der Waals surface area contributed by atoms with Crippen molar-refractivity contribution in [2.24, 2.45) is 0 Å². The van der Waals surface area contributed by atoms with Gasteiger partial charge in [-0.25, -0.2) is 0 Å². The van der Waals surface area contributed by atoms with Crippen molar-refractivity contribution in [3.8, 4) is 6.07 Å². The van der Waals surface area contributed by atoms with E-state index in [1.54, 1.807) is 42.7 Å². The molecule has 2 rings (SSSR count). The first-order valence-corrected chi connectivity index (χ1v) is 7.13. The number of carbonyl (C=O) groups is 2. The van der Waals surface area contributed by atoms with Gasteiger partial charge in [-0.3, -0.25) is 9.59 Å². The van der Waals surface area contributed by atoms with Gasteiger partial charge >= 0.3 is 0 Å². The van der Waals surface area contributed by atoms with Gasteiger partial charge in [-0.05, 0) is 24.6 Å². The molecular weight excluding hydrogens is 278 g/mol. The Morgan fingerprint density at radius 2 is 1.86 bits per heavy atom. The van der Waals surface area contributed by atoms with E-state index in [1.165, 1.54) is 0 Å². The molecule has 0 saturated heterocycles. The molecule has 1 aromatic carbocycles. The molecule has 1 aromatic heterocycles. The Hall–Kier alpha value is -2.87. The van der Waals surface area contributed by atoms with Gasteiger partial charge in [-0.1, -0.05) is 25.5 Å². The summed E-state index contributed by atoms with van der Waals surface area (Å²) in [4.78, 5) is 27.0. The van der Waals surface area contributed by atoms with Crippen LogP contribution in [0, 0.1) is 11.3 Å². The first kappa shape index (κ1) is 15.5. The molecule has 5 heteroatoms. The Morgan fingerprint density at radius 1 is 1.18 bits per heavy atom. The van der Waals surface area contributed by atoms with E-state index < -0.39 is 6.04 Å². The molecule has 1 atom stereocenters. The molecule has 0 spiro atoms. The molecule has 0 radical (unpaired) electrons. The lowest BCUT2D eigenvalue weighted by Crippen LogP contribution is -2.33. The van der Waals surface area contributed by atoms with Gasteiger partial charge in [0.1, 0.15) is 6.04 Å². The summed E-state index contributed by atoms with van der Waals surface area (Å²) in [7, 11) is 0. The predicted molar refractivity (Wildman–Crippen MR) is 82.4 cm³/mol. The summed E-state index contributed by atoms with van der Waals surface area (Å²) >= 11 is 0. The molecule has 1 heterocycles. The van der Waals surface area contributed by atoms with Gasteiger partial charge in [0.05, 0.1) is 6.07 Å². The number of nitrogens with zero attached hydrogens (tertiary/aromatic N) is 1. The summed E-state index contributed by atoms with van der Waals surface area (Å²) in [6.45, 7) is 1.96. The monoisotopic (exact) mass is 295 g/mol. The molecule has 0 aliphatic carbocycles. The van der Waals surface area contributed by atoms with Crippen molar-refractivity contribution >= 4 is 11.7 Å². The molecule has 1 amide bonds. The van der Waals surface area contributed by atoms with Crippen molar-refractivity contribution < 1.29 is 9.59 Å². The van der Waals surface area contributed by atoms with Crippen LogP contribution in [0.3, 0.4) is 0 Å². The van der Waals surface area contributed by atoms with Gasteiger partial charge in [0.15, 0.2) is 5.78 Å². The third kappa shape index (κ3) is 3.61. The van der Waals surface area contributed by atoms with E-state index in [4.69, 9.17) is 5.26 Å². The van der Waals surface area contributed by atoms with Crippen molar-refractivity contribution in [1.29, 1.82) is 5.26 Å². The number of nitrogens with one attached hydrogen (secondary N) is 2. The lowest BCUT2D eigenvalue weighted by molar-refractivity contribution is 0.0942. The first-order chi connectivity index (χ1) is 10.7. The summed E-state index contributed by atoms with van der Waals surface area (Å²) in [5.74, 6) is -0.408. The number of hydrogen-bond acceptors (Lipinski definition) is 3. The normalized spacial score (nSPS) is 11.5. The average Bonchev–Trinajstić information content (AvgIpc) is 3.08. The van der Waals surface area contributed by atoms with Gasteiger partial charge in [0.2, 0.25) is 0 Å². The van der Waals surface area contributed by atoms with Crippen molar-refractivity contribution in [3.05, 3.63) is 59.4 Å². The van der Waals surface area contributed by atoms with E-state index in [0.29, 0.717) is 23.1 Å². The number of amides is 1. The standard InChI is InChI=1S/C17H17N3O2/c1-2-3-15(10-18)20-17(22)13-6-4-12(5-7-13)16(21)14-8-9-19-11-14/h4-9,11,15,19H,2-3H2,1H3,(H,20,22)/t15-/m1/s1. The zero-order chi connectivity index (χ0) is 15.9. The fraction of sp³-hybridized carbons (Fsp3) is 0.235. The number of hydrogen-bond donors (Lipinski definition) is 2. The Balaban J connectivity index is 2.07. The molecule has 0 aliphatic rings. The molecule has 0 saturated carbocycles. The third-order valence-electron chi connectivity index (χ3n) is 3.31. The highest BCUT2D eigenvalue weighted by molar-refractivity contribution is 6.09. The quantitative estimate of drug-likeness (QED) is 0.803. The van der Waals surface area contributed by atoms with E-state index in [0.717, 1.165) is 6.42 Å². The SMILES string of the molecule is CCC[C@H](C#N)NC(=O)c1ccc(C(=O)c2cc[nH]c2)cc1. The molecule has 22 heavy (non-hydrogen) atoms. The summed E-state index contributed by atoms with van der Waals surface area (Å²) in [6.07, 6.45) is 4.75. The minimum atomic E-state index is -0.487. The number of nitriles is 1. The smallest absolute Gasteiger partial charge is 0.252 e. The van der Waals surface area contributed by atoms with E-state index >= 15 is 0 Å². The molecule has 2 N–H and O–H groups in total. The van der Waals surface area contributed by atoms with Crippen LogP contribution in [0.1, 0.15) is 46.0 Å². The van der Waals surface area contributed by atoms with Crippen LogP contribution >= 0.6 is 0 Å². The number of aromatic nitrogens is 1. The van der Waals surface area contributed by atoms with E-state index in [-0.39, 0.29) is 11.7 Å². The van der Waals surface area contributed by atoms with Crippen molar-refractivity contribution in [2.45, 2.75) is 25.8 Å². The number of benzene rings is 1. The highest BCUT2D eigenvalue weighted by Crippen LogP contribution is 2.11. The second-order valence-corrected chi connectivity index (χ2v) is 4.95. The van der Waals surface area contributed by atoms with E-state index in [9.17, 15) is 9.59 Å². The van der Waals surface area contributed by atoms with E-state index in [2.05, 4.69) is 16.4 Å². The lowest BCUT2D eigenvalue weighted by atomic mass is 10.0. The highest BCUT2D eigenvalue weighted by Gasteiger charge is 2.14. The summed E-state index contributed by atoms with van der Waals surface area (Å²) < 4.78 is 0. The summed E-state index contributed by atoms with van der Waals surface area (Å²) in [5.41, 5.74) is 1.52. The highest BCUT2D eigenvalue weighted by atomic mass is 16.1. The second-order valence-electron chi connectivity index (χ2n) is 4.95. The van der Waals surface area contributed by atoms with Crippen molar-refractivity contribution in [1.82, 2.24) is 10.3 Å². The van der Waals surface area contributed by atoms with Crippen LogP contribution in [-0.2, 0) is 0 Å². The van der Waals surface area contributed by atoms with Crippen molar-refractivity contribution in [2.75, 3.05) is 0 Å². The third-order valence-corrected chi connectivity index (χ3v) is 3.31. The Morgan fingerprint density at radius 3 is 2.41 bits per heavy atom.